The highest BCUT2D eigenvalue weighted by Gasteiger charge is 2.24. The van der Waals surface area contributed by atoms with Crippen LogP contribution in [0.15, 0.2) is 18.2 Å². The summed E-state index contributed by atoms with van der Waals surface area (Å²) in [7, 11) is 1.96. The van der Waals surface area contributed by atoms with E-state index >= 15 is 0 Å². The van der Waals surface area contributed by atoms with Gasteiger partial charge in [0.15, 0.2) is 0 Å². The van der Waals surface area contributed by atoms with Crippen LogP contribution in [0.1, 0.15) is 18.4 Å². The minimum atomic E-state index is -0.353. The molecule has 16 heavy (non-hydrogen) atoms. The largest absolute Gasteiger partial charge is 0.384 e. The number of hydrogen-bond donors (Lipinski definition) is 2. The Hall–Kier alpha value is -1.58. The van der Waals surface area contributed by atoms with Crippen molar-refractivity contribution in [2.75, 3.05) is 18.5 Å². The van der Waals surface area contributed by atoms with Gasteiger partial charge in [-0.15, -0.1) is 0 Å². The molecule has 1 aromatic rings. The molecule has 3 N–H and O–H groups in total. The molecule has 0 spiro atoms. The molecule has 0 aromatic heterocycles. The Kier molecular flexibility index (Phi) is 2.81. The summed E-state index contributed by atoms with van der Waals surface area (Å²) in [6.45, 7) is 0.950. The normalized spacial score (nSPS) is 14.9. The maximum atomic E-state index is 13.1. The molecule has 0 aliphatic heterocycles. The zero-order chi connectivity index (χ0) is 11.7. The third kappa shape index (κ3) is 2.32. The Morgan fingerprint density at radius 3 is 2.81 bits per heavy atom. The summed E-state index contributed by atoms with van der Waals surface area (Å²) in [5.41, 5.74) is 6.77. The minimum absolute atomic E-state index is 0.0860. The zero-order valence-electron chi connectivity index (χ0n) is 9.33. The summed E-state index contributed by atoms with van der Waals surface area (Å²) in [4.78, 5) is 2.05. The van der Waals surface area contributed by atoms with Gasteiger partial charge in [-0.3, -0.25) is 5.41 Å². The lowest BCUT2D eigenvalue weighted by Gasteiger charge is -2.22. The van der Waals surface area contributed by atoms with Crippen LogP contribution in [0.25, 0.3) is 0 Å². The van der Waals surface area contributed by atoms with Crippen LogP contribution in [-0.4, -0.2) is 19.4 Å². The van der Waals surface area contributed by atoms with Crippen molar-refractivity contribution in [3.05, 3.63) is 29.6 Å². The molecule has 1 fully saturated rings. The summed E-state index contributed by atoms with van der Waals surface area (Å²) in [6.07, 6.45) is 2.53. The number of nitrogens with one attached hydrogen (secondary N) is 1. The molecule has 4 heteroatoms. The highest BCUT2D eigenvalue weighted by molar-refractivity contribution is 6.00. The first-order chi connectivity index (χ1) is 7.58. The van der Waals surface area contributed by atoms with E-state index in [0.29, 0.717) is 5.56 Å². The third-order valence-electron chi connectivity index (χ3n) is 2.89. The first-order valence-electron chi connectivity index (χ1n) is 5.43. The Balaban J connectivity index is 2.26. The smallest absolute Gasteiger partial charge is 0.125 e. The molecule has 1 aliphatic carbocycles. The van der Waals surface area contributed by atoms with Gasteiger partial charge < -0.3 is 10.6 Å². The van der Waals surface area contributed by atoms with E-state index in [0.717, 1.165) is 18.2 Å². The molecule has 0 atom stereocenters. The van der Waals surface area contributed by atoms with Crippen LogP contribution >= 0.6 is 0 Å². The molecular formula is C12H16FN3. The van der Waals surface area contributed by atoms with Crippen LogP contribution in [0.2, 0.25) is 0 Å². The highest BCUT2D eigenvalue weighted by atomic mass is 19.1. The van der Waals surface area contributed by atoms with Crippen molar-refractivity contribution >= 4 is 11.5 Å². The van der Waals surface area contributed by atoms with E-state index in [9.17, 15) is 4.39 Å². The Morgan fingerprint density at radius 1 is 1.56 bits per heavy atom. The van der Waals surface area contributed by atoms with Crippen LogP contribution in [-0.2, 0) is 0 Å². The van der Waals surface area contributed by atoms with Gasteiger partial charge in [0.05, 0.1) is 0 Å². The van der Waals surface area contributed by atoms with Crippen LogP contribution in [0.5, 0.6) is 0 Å². The Morgan fingerprint density at radius 2 is 2.25 bits per heavy atom. The van der Waals surface area contributed by atoms with Crippen molar-refractivity contribution in [3.8, 4) is 0 Å². The van der Waals surface area contributed by atoms with Gasteiger partial charge in [-0.1, -0.05) is 0 Å². The van der Waals surface area contributed by atoms with E-state index in [1.54, 1.807) is 6.07 Å². The van der Waals surface area contributed by atoms with Crippen molar-refractivity contribution in [1.29, 1.82) is 5.41 Å². The lowest BCUT2D eigenvalue weighted by atomic mass is 10.1. The van der Waals surface area contributed by atoms with E-state index in [1.807, 2.05) is 11.9 Å². The second-order valence-corrected chi connectivity index (χ2v) is 4.40. The molecule has 1 aliphatic rings. The van der Waals surface area contributed by atoms with Gasteiger partial charge in [0.2, 0.25) is 0 Å². The SMILES string of the molecule is CN(CC1CC1)c1ccc(F)cc1C(=N)N. The molecule has 0 unspecified atom stereocenters. The highest BCUT2D eigenvalue weighted by Crippen LogP contribution is 2.31. The number of anilines is 1. The summed E-state index contributed by atoms with van der Waals surface area (Å²) in [5.74, 6) is 0.306. The summed E-state index contributed by atoms with van der Waals surface area (Å²) in [6, 6.07) is 4.42. The molecule has 0 heterocycles. The number of nitrogens with two attached hydrogens (primary N) is 1. The van der Waals surface area contributed by atoms with E-state index in [4.69, 9.17) is 11.1 Å². The van der Waals surface area contributed by atoms with Crippen molar-refractivity contribution in [2.45, 2.75) is 12.8 Å². The predicted molar refractivity (Wildman–Crippen MR) is 63.4 cm³/mol. The Labute approximate surface area is 94.6 Å². The molecule has 1 aromatic carbocycles. The molecular weight excluding hydrogens is 205 g/mol. The van der Waals surface area contributed by atoms with E-state index in [1.165, 1.54) is 25.0 Å². The van der Waals surface area contributed by atoms with Crippen LogP contribution in [0.3, 0.4) is 0 Å². The summed E-state index contributed by atoms with van der Waals surface area (Å²) < 4.78 is 13.1. The fourth-order valence-corrected chi connectivity index (χ4v) is 1.84. The molecule has 0 saturated heterocycles. The van der Waals surface area contributed by atoms with Crippen molar-refractivity contribution < 1.29 is 4.39 Å². The maximum absolute atomic E-state index is 13.1. The van der Waals surface area contributed by atoms with E-state index in [2.05, 4.69) is 0 Å². The quantitative estimate of drug-likeness (QED) is 0.603. The van der Waals surface area contributed by atoms with Crippen LogP contribution < -0.4 is 10.6 Å². The minimum Gasteiger partial charge on any atom is -0.384 e. The van der Waals surface area contributed by atoms with Gasteiger partial charge in [0, 0.05) is 24.8 Å². The molecule has 2 rings (SSSR count). The number of hydrogen-bond acceptors (Lipinski definition) is 2. The number of nitrogens with zero attached hydrogens (tertiary/aromatic N) is 1. The van der Waals surface area contributed by atoms with Gasteiger partial charge in [0.25, 0.3) is 0 Å². The second kappa shape index (κ2) is 4.12. The van der Waals surface area contributed by atoms with E-state index in [-0.39, 0.29) is 11.7 Å². The average molecular weight is 221 g/mol. The van der Waals surface area contributed by atoms with Gasteiger partial charge >= 0.3 is 0 Å². The number of benzene rings is 1. The second-order valence-electron chi connectivity index (χ2n) is 4.40. The van der Waals surface area contributed by atoms with Gasteiger partial charge in [-0.25, -0.2) is 4.39 Å². The predicted octanol–water partition coefficient (Wildman–Crippen LogP) is 1.96. The molecule has 86 valence electrons. The van der Waals surface area contributed by atoms with Gasteiger partial charge in [0.1, 0.15) is 11.7 Å². The lowest BCUT2D eigenvalue weighted by Crippen LogP contribution is -2.24. The van der Waals surface area contributed by atoms with E-state index < -0.39 is 0 Å². The summed E-state index contributed by atoms with van der Waals surface area (Å²) >= 11 is 0. The molecule has 0 radical (unpaired) electrons. The van der Waals surface area contributed by atoms with Gasteiger partial charge in [-0.05, 0) is 37.0 Å². The molecule has 3 nitrogen and oxygen atoms in total. The first-order valence-corrected chi connectivity index (χ1v) is 5.43. The molecule has 0 amide bonds. The number of amidine groups is 1. The number of halogens is 1. The topological polar surface area (TPSA) is 53.1 Å². The van der Waals surface area contributed by atoms with Gasteiger partial charge in [-0.2, -0.15) is 0 Å². The third-order valence-corrected chi connectivity index (χ3v) is 2.89. The number of nitrogen functional groups attached to an aromatic ring is 1. The Bertz CT molecular complexity index is 413. The molecule has 0 bridgehead atoms. The monoisotopic (exact) mass is 221 g/mol. The van der Waals surface area contributed by atoms with Crippen molar-refractivity contribution in [3.63, 3.8) is 0 Å². The zero-order valence-corrected chi connectivity index (χ0v) is 9.33. The summed E-state index contributed by atoms with van der Waals surface area (Å²) in [5, 5.41) is 7.45. The molecule has 1 saturated carbocycles. The first kappa shape index (κ1) is 10.9. The van der Waals surface area contributed by atoms with Crippen LogP contribution in [0, 0.1) is 17.1 Å². The maximum Gasteiger partial charge on any atom is 0.125 e. The fourth-order valence-electron chi connectivity index (χ4n) is 1.84. The van der Waals surface area contributed by atoms with Crippen molar-refractivity contribution in [1.82, 2.24) is 0 Å². The number of rotatable bonds is 4. The lowest BCUT2D eigenvalue weighted by molar-refractivity contribution is 0.627. The standard InChI is InChI=1S/C12H16FN3/c1-16(7-8-2-3-8)11-5-4-9(13)6-10(11)12(14)15/h4-6,8H,2-3,7H2,1H3,(H3,14,15). The average Bonchev–Trinajstić information content (AvgIpc) is 3.01. The fraction of sp³-hybridized carbons (Fsp3) is 0.417. The van der Waals surface area contributed by atoms with Crippen LogP contribution in [0.4, 0.5) is 10.1 Å². The van der Waals surface area contributed by atoms with Crippen molar-refractivity contribution in [2.24, 2.45) is 11.7 Å².